The number of hydrogen-bond acceptors (Lipinski definition) is 7. The summed E-state index contributed by atoms with van der Waals surface area (Å²) in [5.41, 5.74) is 10.7. The van der Waals surface area contributed by atoms with Crippen molar-refractivity contribution in [2.45, 2.75) is 42.4 Å². The largest absolute Gasteiger partial charge is 0.477 e. The van der Waals surface area contributed by atoms with Crippen molar-refractivity contribution in [3.8, 4) is 0 Å². The molecule has 7 unspecified atom stereocenters. The zero-order valence-electron chi connectivity index (χ0n) is 9.69. The second-order valence-corrected chi connectivity index (χ2v) is 4.33. The van der Waals surface area contributed by atoms with Crippen LogP contribution in [0.3, 0.4) is 0 Å². The summed E-state index contributed by atoms with van der Waals surface area (Å²) < 4.78 is 31.8. The molecule has 0 radical (unpaired) electrons. The Balaban J connectivity index is 3.04. The zero-order valence-corrected chi connectivity index (χ0v) is 9.69. The van der Waals surface area contributed by atoms with E-state index < -0.39 is 55.0 Å². The van der Waals surface area contributed by atoms with Crippen LogP contribution in [0.15, 0.2) is 0 Å². The maximum absolute atomic E-state index is 13.9. The molecule has 1 fully saturated rings. The molecule has 8 nitrogen and oxygen atoms in total. The first kappa shape index (κ1) is 16.1. The van der Waals surface area contributed by atoms with E-state index in [-0.39, 0.29) is 0 Å². The van der Waals surface area contributed by atoms with Crippen LogP contribution in [0.25, 0.3) is 0 Å². The second kappa shape index (κ2) is 5.61. The Bertz CT molecular complexity index is 345. The summed E-state index contributed by atoms with van der Waals surface area (Å²) in [4.78, 5) is 10.7. The first-order chi connectivity index (χ1) is 8.66. The van der Waals surface area contributed by atoms with Gasteiger partial charge in [0.2, 0.25) is 0 Å². The lowest BCUT2D eigenvalue weighted by molar-refractivity contribution is -0.274. The van der Waals surface area contributed by atoms with Gasteiger partial charge < -0.3 is 36.6 Å². The van der Waals surface area contributed by atoms with E-state index in [9.17, 15) is 23.8 Å². The van der Waals surface area contributed by atoms with Crippen LogP contribution >= 0.6 is 0 Å². The molecule has 7 atom stereocenters. The summed E-state index contributed by atoms with van der Waals surface area (Å²) >= 11 is 0. The van der Waals surface area contributed by atoms with Crippen LogP contribution in [0, 0.1) is 0 Å². The van der Waals surface area contributed by atoms with E-state index in [1.165, 1.54) is 0 Å². The van der Waals surface area contributed by atoms with Crippen molar-refractivity contribution >= 4 is 5.97 Å². The van der Waals surface area contributed by atoms with Gasteiger partial charge in [-0.2, -0.15) is 4.39 Å². The molecule has 0 aromatic heterocycles. The summed E-state index contributed by atoms with van der Waals surface area (Å²) in [6, 6.07) is -3.23. The number of alkyl halides is 2. The number of carboxylic acid groups (broad SMARTS) is 1. The molecule has 0 aliphatic carbocycles. The van der Waals surface area contributed by atoms with Crippen LogP contribution in [0.2, 0.25) is 0 Å². The van der Waals surface area contributed by atoms with Crippen LogP contribution in [0.4, 0.5) is 8.78 Å². The van der Waals surface area contributed by atoms with Gasteiger partial charge in [0.15, 0.2) is 6.17 Å². The minimum Gasteiger partial charge on any atom is -0.477 e. The van der Waals surface area contributed by atoms with E-state index in [0.29, 0.717) is 0 Å². The molecule has 1 heterocycles. The summed E-state index contributed by atoms with van der Waals surface area (Å²) in [5.74, 6) is -6.05. The minimum atomic E-state index is -3.78. The molecule has 0 saturated carbocycles. The number of hydrogen-bond donors (Lipinski definition) is 6. The van der Waals surface area contributed by atoms with E-state index in [2.05, 4.69) is 4.74 Å². The number of aliphatic hydroxyl groups is 3. The van der Waals surface area contributed by atoms with Gasteiger partial charge in [0.1, 0.15) is 18.3 Å². The molecular formula is C9H16F2N2O6. The van der Waals surface area contributed by atoms with E-state index in [0.717, 1.165) is 0 Å². The van der Waals surface area contributed by atoms with Crippen molar-refractivity contribution in [2.24, 2.45) is 11.5 Å². The molecule has 10 heteroatoms. The molecule has 0 spiro atoms. The predicted octanol–water partition coefficient (Wildman–Crippen LogP) is -3.16. The summed E-state index contributed by atoms with van der Waals surface area (Å²) in [5, 5.41) is 36.1. The minimum absolute atomic E-state index is 0.908. The maximum Gasteiger partial charge on any atom is 0.372 e. The number of nitrogens with two attached hydrogens (primary N) is 2. The topological polar surface area (TPSA) is 159 Å². The van der Waals surface area contributed by atoms with E-state index in [4.69, 9.17) is 21.7 Å². The number of carboxylic acids is 1. The van der Waals surface area contributed by atoms with Crippen molar-refractivity contribution in [3.05, 3.63) is 0 Å². The molecule has 0 aromatic carbocycles. The number of aliphatic carboxylic acids is 1. The lowest BCUT2D eigenvalue weighted by Crippen LogP contribution is -2.72. The summed E-state index contributed by atoms with van der Waals surface area (Å²) in [6.45, 7) is -0.908. The zero-order chi connectivity index (χ0) is 15.0. The van der Waals surface area contributed by atoms with Crippen molar-refractivity contribution in [3.63, 3.8) is 0 Å². The number of ether oxygens (including phenoxy) is 1. The highest BCUT2D eigenvalue weighted by Gasteiger charge is 2.61. The third kappa shape index (κ3) is 2.68. The molecule has 1 rings (SSSR count). The third-order valence-corrected chi connectivity index (χ3v) is 3.03. The Morgan fingerprint density at radius 3 is 2.32 bits per heavy atom. The number of rotatable bonds is 4. The number of halogens is 2. The van der Waals surface area contributed by atoms with Crippen LogP contribution in [-0.4, -0.2) is 75.4 Å². The molecule has 0 amide bonds. The average Bonchev–Trinajstić information content (AvgIpc) is 2.38. The van der Waals surface area contributed by atoms with Gasteiger partial charge in [-0.3, -0.25) is 0 Å². The van der Waals surface area contributed by atoms with Gasteiger partial charge in [-0.1, -0.05) is 0 Å². The predicted molar refractivity (Wildman–Crippen MR) is 56.3 cm³/mol. The Morgan fingerprint density at radius 2 is 1.89 bits per heavy atom. The number of aliphatic hydroxyl groups excluding tert-OH is 3. The highest BCUT2D eigenvalue weighted by molar-refractivity contribution is 5.76. The van der Waals surface area contributed by atoms with Gasteiger partial charge in [-0.25, -0.2) is 9.18 Å². The summed E-state index contributed by atoms with van der Waals surface area (Å²) in [6.07, 6.45) is -8.22. The highest BCUT2D eigenvalue weighted by atomic mass is 19.2. The normalized spacial score (nSPS) is 42.7. The first-order valence-corrected chi connectivity index (χ1v) is 5.39. The smallest absolute Gasteiger partial charge is 0.372 e. The van der Waals surface area contributed by atoms with Crippen LogP contribution < -0.4 is 11.5 Å². The monoisotopic (exact) mass is 286 g/mol. The molecule has 8 N–H and O–H groups in total. The molecule has 0 bridgehead atoms. The fraction of sp³-hybridized carbons (Fsp3) is 0.889. The van der Waals surface area contributed by atoms with Gasteiger partial charge in [-0.15, -0.1) is 0 Å². The second-order valence-electron chi connectivity index (χ2n) is 4.33. The average molecular weight is 286 g/mol. The van der Waals surface area contributed by atoms with E-state index in [1.807, 2.05) is 0 Å². The van der Waals surface area contributed by atoms with E-state index >= 15 is 0 Å². The fourth-order valence-electron chi connectivity index (χ4n) is 1.80. The van der Waals surface area contributed by atoms with Crippen molar-refractivity contribution < 1.29 is 38.7 Å². The van der Waals surface area contributed by atoms with Gasteiger partial charge in [-0.05, 0) is 0 Å². The molecular weight excluding hydrogens is 270 g/mol. The van der Waals surface area contributed by atoms with E-state index in [1.54, 1.807) is 0 Å². The number of carbonyl (C=O) groups is 1. The molecule has 0 aromatic rings. The SMILES string of the molecule is NC1C(N)C(F)C(F)(C(=O)O)OC1C(O)C(O)CO. The van der Waals surface area contributed by atoms with Gasteiger partial charge in [0, 0.05) is 0 Å². The Kier molecular flexibility index (Phi) is 4.76. The highest BCUT2D eigenvalue weighted by Crippen LogP contribution is 2.34. The molecule has 1 aliphatic rings. The lowest BCUT2D eigenvalue weighted by atomic mass is 9.87. The van der Waals surface area contributed by atoms with Crippen LogP contribution in [-0.2, 0) is 9.53 Å². The first-order valence-electron chi connectivity index (χ1n) is 5.39. The maximum atomic E-state index is 13.9. The van der Waals surface area contributed by atoms with Gasteiger partial charge >= 0.3 is 11.8 Å². The molecule has 1 saturated heterocycles. The summed E-state index contributed by atoms with van der Waals surface area (Å²) in [7, 11) is 0. The van der Waals surface area contributed by atoms with Gasteiger partial charge in [0.05, 0.1) is 18.7 Å². The molecule has 112 valence electrons. The fourth-order valence-corrected chi connectivity index (χ4v) is 1.80. The van der Waals surface area contributed by atoms with Gasteiger partial charge in [0.25, 0.3) is 0 Å². The van der Waals surface area contributed by atoms with Crippen molar-refractivity contribution in [1.29, 1.82) is 0 Å². The quantitative estimate of drug-likeness (QED) is 0.316. The van der Waals surface area contributed by atoms with Crippen LogP contribution in [0.1, 0.15) is 0 Å². The Hall–Kier alpha value is -0.910. The lowest BCUT2D eigenvalue weighted by Gasteiger charge is -2.44. The third-order valence-electron chi connectivity index (χ3n) is 3.03. The standard InChI is InChI=1S/C9H16F2N2O6/c10-7-4(13)3(12)6(5(16)2(15)1-14)19-9(7,11)8(17)18/h2-7,14-16H,1,12-13H2,(H,17,18). The van der Waals surface area contributed by atoms with Crippen LogP contribution in [0.5, 0.6) is 0 Å². The van der Waals surface area contributed by atoms with Crippen molar-refractivity contribution in [2.75, 3.05) is 6.61 Å². The molecule has 19 heavy (non-hydrogen) atoms. The molecule has 1 aliphatic heterocycles. The Morgan fingerprint density at radius 1 is 1.37 bits per heavy atom. The van der Waals surface area contributed by atoms with Crippen molar-refractivity contribution in [1.82, 2.24) is 0 Å². The Labute approximate surface area is 106 Å².